The van der Waals surface area contributed by atoms with Crippen molar-refractivity contribution in [3.05, 3.63) is 5.02 Å². The van der Waals surface area contributed by atoms with Gasteiger partial charge in [-0.25, -0.2) is 9.97 Å². The number of anilines is 2. The van der Waals surface area contributed by atoms with Crippen LogP contribution in [0, 0.1) is 0 Å². The lowest BCUT2D eigenvalue weighted by Gasteiger charge is -2.18. The van der Waals surface area contributed by atoms with E-state index in [2.05, 4.69) is 14.9 Å². The molecule has 2 heterocycles. The Morgan fingerprint density at radius 2 is 2.00 bits per heavy atom. The molecule has 1 aromatic heterocycles. The summed E-state index contributed by atoms with van der Waals surface area (Å²) in [4.78, 5) is 10.7. The first kappa shape index (κ1) is 10.8. The van der Waals surface area contributed by atoms with Crippen LogP contribution in [0.3, 0.4) is 0 Å². The number of thioether (sulfide) groups is 1. The molecule has 0 spiro atoms. The van der Waals surface area contributed by atoms with Crippen LogP contribution in [-0.4, -0.2) is 29.3 Å². The molecule has 0 radical (unpaired) electrons. The van der Waals surface area contributed by atoms with E-state index in [-0.39, 0.29) is 0 Å². The molecule has 1 aromatic rings. The van der Waals surface area contributed by atoms with Gasteiger partial charge in [-0.1, -0.05) is 23.4 Å². The molecule has 0 aromatic carbocycles. The Kier molecular flexibility index (Phi) is 3.21. The smallest absolute Gasteiger partial charge is 0.191 e. The summed E-state index contributed by atoms with van der Waals surface area (Å²) in [6.07, 6.45) is 4.31. The van der Waals surface area contributed by atoms with Gasteiger partial charge in [0.1, 0.15) is 10.8 Å². The highest BCUT2D eigenvalue weighted by Crippen LogP contribution is 2.31. The van der Waals surface area contributed by atoms with Gasteiger partial charge in [-0.05, 0) is 19.1 Å². The van der Waals surface area contributed by atoms with Gasteiger partial charge in [0.05, 0.1) is 0 Å². The van der Waals surface area contributed by atoms with E-state index in [9.17, 15) is 0 Å². The Hall–Kier alpha value is -0.680. The van der Waals surface area contributed by atoms with Crippen LogP contribution in [0.1, 0.15) is 12.8 Å². The molecular weight excluding hydrogens is 232 g/mol. The van der Waals surface area contributed by atoms with Crippen molar-refractivity contribution in [2.24, 2.45) is 0 Å². The maximum Gasteiger partial charge on any atom is 0.191 e. The summed E-state index contributed by atoms with van der Waals surface area (Å²) < 4.78 is 0. The van der Waals surface area contributed by atoms with Crippen molar-refractivity contribution in [1.29, 1.82) is 0 Å². The molecule has 0 amide bonds. The monoisotopic (exact) mass is 244 g/mol. The number of hydrogen-bond donors (Lipinski definition) is 1. The van der Waals surface area contributed by atoms with Gasteiger partial charge in [0.2, 0.25) is 0 Å². The molecule has 2 N–H and O–H groups in total. The van der Waals surface area contributed by atoms with Crippen molar-refractivity contribution < 1.29 is 0 Å². The molecule has 0 saturated carbocycles. The lowest BCUT2D eigenvalue weighted by Crippen LogP contribution is -2.20. The molecule has 1 aliphatic heterocycles. The Morgan fingerprint density at radius 3 is 2.60 bits per heavy atom. The first-order valence-corrected chi connectivity index (χ1v) is 6.44. The van der Waals surface area contributed by atoms with Gasteiger partial charge in [-0.3, -0.25) is 0 Å². The van der Waals surface area contributed by atoms with Crippen LogP contribution in [-0.2, 0) is 0 Å². The van der Waals surface area contributed by atoms with Crippen LogP contribution in [0.15, 0.2) is 5.16 Å². The SMILES string of the molecule is CSc1nc(N)c(Cl)c(N2CCCC2)n1. The summed E-state index contributed by atoms with van der Waals surface area (Å²) in [7, 11) is 0. The van der Waals surface area contributed by atoms with Gasteiger partial charge >= 0.3 is 0 Å². The minimum absolute atomic E-state index is 0.373. The van der Waals surface area contributed by atoms with Crippen LogP contribution >= 0.6 is 23.4 Å². The predicted molar refractivity (Wildman–Crippen MR) is 64.7 cm³/mol. The van der Waals surface area contributed by atoms with E-state index >= 15 is 0 Å². The minimum atomic E-state index is 0.373. The predicted octanol–water partition coefficient (Wildman–Crippen LogP) is 2.03. The first-order chi connectivity index (χ1) is 7.22. The molecule has 0 atom stereocenters. The molecule has 0 aliphatic carbocycles. The molecule has 0 bridgehead atoms. The van der Waals surface area contributed by atoms with Crippen molar-refractivity contribution >= 4 is 35.0 Å². The molecule has 1 aliphatic rings. The minimum Gasteiger partial charge on any atom is -0.382 e. The Bertz CT molecular complexity index is 365. The maximum atomic E-state index is 6.10. The summed E-state index contributed by atoms with van der Waals surface area (Å²) in [5, 5.41) is 1.16. The van der Waals surface area contributed by atoms with Crippen LogP contribution in [0.5, 0.6) is 0 Å². The van der Waals surface area contributed by atoms with Gasteiger partial charge in [-0.2, -0.15) is 0 Å². The maximum absolute atomic E-state index is 6.10. The molecule has 82 valence electrons. The zero-order valence-electron chi connectivity index (χ0n) is 8.53. The van der Waals surface area contributed by atoms with E-state index in [4.69, 9.17) is 17.3 Å². The van der Waals surface area contributed by atoms with E-state index in [0.29, 0.717) is 16.0 Å². The highest BCUT2D eigenvalue weighted by molar-refractivity contribution is 7.98. The molecular formula is C9H13ClN4S. The zero-order valence-corrected chi connectivity index (χ0v) is 10.1. The van der Waals surface area contributed by atoms with Gasteiger partial charge in [0, 0.05) is 13.1 Å². The van der Waals surface area contributed by atoms with E-state index in [0.717, 1.165) is 18.9 Å². The Balaban J connectivity index is 2.39. The van der Waals surface area contributed by atoms with E-state index in [1.165, 1.54) is 24.6 Å². The third-order valence-corrected chi connectivity index (χ3v) is 3.34. The summed E-state index contributed by atoms with van der Waals surface area (Å²) in [5.74, 6) is 1.16. The molecule has 0 unspecified atom stereocenters. The van der Waals surface area contributed by atoms with Gasteiger partial charge < -0.3 is 10.6 Å². The molecule has 1 saturated heterocycles. The summed E-state index contributed by atoms with van der Waals surface area (Å²) in [6, 6.07) is 0. The summed E-state index contributed by atoms with van der Waals surface area (Å²) in [5.41, 5.74) is 5.74. The number of aromatic nitrogens is 2. The molecule has 2 rings (SSSR count). The number of nitrogen functional groups attached to an aromatic ring is 1. The fourth-order valence-electron chi connectivity index (χ4n) is 1.66. The number of rotatable bonds is 2. The van der Waals surface area contributed by atoms with Crippen LogP contribution in [0.2, 0.25) is 5.02 Å². The van der Waals surface area contributed by atoms with Crippen molar-refractivity contribution in [3.63, 3.8) is 0 Å². The van der Waals surface area contributed by atoms with Crippen molar-refractivity contribution in [1.82, 2.24) is 9.97 Å². The fourth-order valence-corrected chi connectivity index (χ4v) is 2.23. The van der Waals surface area contributed by atoms with Crippen molar-refractivity contribution in [2.75, 3.05) is 30.0 Å². The second kappa shape index (κ2) is 4.45. The quantitative estimate of drug-likeness (QED) is 0.637. The average molecular weight is 245 g/mol. The molecule has 4 nitrogen and oxygen atoms in total. The summed E-state index contributed by atoms with van der Waals surface area (Å²) >= 11 is 7.58. The highest BCUT2D eigenvalue weighted by Gasteiger charge is 2.19. The number of nitrogens with zero attached hydrogens (tertiary/aromatic N) is 3. The normalized spacial score (nSPS) is 16.0. The Morgan fingerprint density at radius 1 is 1.33 bits per heavy atom. The average Bonchev–Trinajstić information content (AvgIpc) is 2.75. The highest BCUT2D eigenvalue weighted by atomic mass is 35.5. The lowest BCUT2D eigenvalue weighted by molar-refractivity contribution is 0.883. The molecule has 15 heavy (non-hydrogen) atoms. The second-order valence-electron chi connectivity index (χ2n) is 3.43. The first-order valence-electron chi connectivity index (χ1n) is 4.84. The standard InChI is InChI=1S/C9H13ClN4S/c1-15-9-12-7(11)6(10)8(13-9)14-4-2-3-5-14/h2-5H2,1H3,(H2,11,12,13). The van der Waals surface area contributed by atoms with Gasteiger partial charge in [0.15, 0.2) is 11.0 Å². The number of nitrogens with two attached hydrogens (primary N) is 1. The van der Waals surface area contributed by atoms with E-state index < -0.39 is 0 Å². The van der Waals surface area contributed by atoms with Crippen LogP contribution in [0.4, 0.5) is 11.6 Å². The molecule has 6 heteroatoms. The van der Waals surface area contributed by atoms with Crippen molar-refractivity contribution in [3.8, 4) is 0 Å². The lowest BCUT2D eigenvalue weighted by atomic mass is 10.4. The second-order valence-corrected chi connectivity index (χ2v) is 4.58. The van der Waals surface area contributed by atoms with E-state index in [1.807, 2.05) is 6.26 Å². The third kappa shape index (κ3) is 2.13. The molecule has 1 fully saturated rings. The topological polar surface area (TPSA) is 55.0 Å². The largest absolute Gasteiger partial charge is 0.382 e. The number of hydrogen-bond acceptors (Lipinski definition) is 5. The van der Waals surface area contributed by atoms with Crippen molar-refractivity contribution in [2.45, 2.75) is 18.0 Å². The van der Waals surface area contributed by atoms with Gasteiger partial charge in [-0.15, -0.1) is 0 Å². The van der Waals surface area contributed by atoms with Crippen LogP contribution in [0.25, 0.3) is 0 Å². The zero-order chi connectivity index (χ0) is 10.8. The third-order valence-electron chi connectivity index (χ3n) is 2.43. The van der Waals surface area contributed by atoms with Crippen LogP contribution < -0.4 is 10.6 Å². The fraction of sp³-hybridized carbons (Fsp3) is 0.556. The Labute approximate surface area is 98.2 Å². The van der Waals surface area contributed by atoms with Gasteiger partial charge in [0.25, 0.3) is 0 Å². The summed E-state index contributed by atoms with van der Waals surface area (Å²) in [6.45, 7) is 2.01. The van der Waals surface area contributed by atoms with E-state index in [1.54, 1.807) is 0 Å². The number of halogens is 1.